The number of urea groups is 1. The highest BCUT2D eigenvalue weighted by Gasteiger charge is 2.37. The van der Waals surface area contributed by atoms with E-state index in [4.69, 9.17) is 0 Å². The molecule has 0 radical (unpaired) electrons. The molecular weight excluding hydrogens is 454 g/mol. The zero-order chi connectivity index (χ0) is 24.8. The lowest BCUT2D eigenvalue weighted by Crippen LogP contribution is -2.62. The molecule has 1 aliphatic rings. The Balaban J connectivity index is 1.50. The van der Waals surface area contributed by atoms with Crippen molar-refractivity contribution in [1.29, 1.82) is 0 Å². The van der Waals surface area contributed by atoms with Gasteiger partial charge in [0.25, 0.3) is 5.91 Å². The molecule has 1 unspecified atom stereocenters. The van der Waals surface area contributed by atoms with Crippen LogP contribution in [0.2, 0.25) is 0 Å². The first-order valence-corrected chi connectivity index (χ1v) is 11.1. The number of halogens is 2. The summed E-state index contributed by atoms with van der Waals surface area (Å²) < 4.78 is 26.5. The highest BCUT2D eigenvalue weighted by Crippen LogP contribution is 2.17. The van der Waals surface area contributed by atoms with Crippen LogP contribution >= 0.6 is 0 Å². The van der Waals surface area contributed by atoms with Gasteiger partial charge in [0, 0.05) is 30.9 Å². The van der Waals surface area contributed by atoms with Gasteiger partial charge in [-0.05, 0) is 54.1 Å². The van der Waals surface area contributed by atoms with E-state index in [2.05, 4.69) is 10.6 Å². The molecule has 1 atom stereocenters. The predicted octanol–water partition coefficient (Wildman–Crippen LogP) is 3.64. The topological polar surface area (TPSA) is 81.8 Å². The lowest BCUT2D eigenvalue weighted by Gasteiger charge is -2.40. The molecule has 1 fully saturated rings. The number of hydrogen-bond donors (Lipinski definition) is 2. The summed E-state index contributed by atoms with van der Waals surface area (Å²) in [5.41, 5.74) is 1.54. The number of benzene rings is 3. The molecule has 35 heavy (non-hydrogen) atoms. The molecule has 4 amide bonds. The second kappa shape index (κ2) is 10.8. The molecule has 9 heteroatoms. The fraction of sp³-hybridized carbons (Fsp3) is 0.192. The molecule has 3 aromatic carbocycles. The summed E-state index contributed by atoms with van der Waals surface area (Å²) in [6, 6.07) is 18.3. The van der Waals surface area contributed by atoms with Crippen LogP contribution in [0.1, 0.15) is 15.9 Å². The van der Waals surface area contributed by atoms with Gasteiger partial charge in [0.1, 0.15) is 17.7 Å². The Hall–Kier alpha value is -4.27. The Kier molecular flexibility index (Phi) is 7.35. The molecule has 180 valence electrons. The van der Waals surface area contributed by atoms with Gasteiger partial charge in [-0.3, -0.25) is 9.59 Å². The largest absolute Gasteiger partial charge is 0.350 e. The Morgan fingerprint density at radius 1 is 0.829 bits per heavy atom. The average Bonchev–Trinajstić information content (AvgIpc) is 2.89. The van der Waals surface area contributed by atoms with Crippen molar-refractivity contribution in [2.75, 3.05) is 25.0 Å². The Labute approximate surface area is 201 Å². The zero-order valence-corrected chi connectivity index (χ0v) is 18.8. The van der Waals surface area contributed by atoms with E-state index in [-0.39, 0.29) is 31.7 Å². The molecule has 0 spiro atoms. The van der Waals surface area contributed by atoms with Gasteiger partial charge in [-0.25, -0.2) is 13.6 Å². The maximum atomic E-state index is 13.3. The molecule has 1 aliphatic heterocycles. The van der Waals surface area contributed by atoms with Crippen LogP contribution in [0.3, 0.4) is 0 Å². The van der Waals surface area contributed by atoms with Gasteiger partial charge in [0.2, 0.25) is 5.91 Å². The summed E-state index contributed by atoms with van der Waals surface area (Å²) >= 11 is 0. The highest BCUT2D eigenvalue weighted by molar-refractivity contribution is 5.98. The average molecular weight is 478 g/mol. The quantitative estimate of drug-likeness (QED) is 0.588. The SMILES string of the molecule is O=C(NCc1ccccc1)C1CN(C(=O)Nc2ccc(F)cc2)CCN1C(=O)c1ccc(F)cc1. The smallest absolute Gasteiger partial charge is 0.321 e. The standard InChI is InChI=1S/C26H24F2N4O3/c27-20-8-6-19(7-9-20)25(34)32-15-14-31(26(35)30-22-12-10-21(28)11-13-22)17-23(32)24(33)29-16-18-4-2-1-3-5-18/h1-13,23H,14-17H2,(H,29,33)(H,30,35). The molecule has 2 N–H and O–H groups in total. The van der Waals surface area contributed by atoms with Crippen molar-refractivity contribution in [3.05, 3.63) is 102 Å². The van der Waals surface area contributed by atoms with Crippen LogP contribution < -0.4 is 10.6 Å². The molecule has 4 rings (SSSR count). The Morgan fingerprint density at radius 3 is 2.11 bits per heavy atom. The number of carbonyl (C=O) groups excluding carboxylic acids is 3. The Bertz CT molecular complexity index is 1190. The number of amides is 4. The highest BCUT2D eigenvalue weighted by atomic mass is 19.1. The minimum atomic E-state index is -0.955. The number of hydrogen-bond acceptors (Lipinski definition) is 3. The fourth-order valence-corrected chi connectivity index (χ4v) is 3.83. The van der Waals surface area contributed by atoms with E-state index in [0.717, 1.165) is 5.56 Å². The van der Waals surface area contributed by atoms with E-state index >= 15 is 0 Å². The van der Waals surface area contributed by atoms with Gasteiger partial charge in [-0.15, -0.1) is 0 Å². The van der Waals surface area contributed by atoms with Crippen molar-refractivity contribution in [2.45, 2.75) is 12.6 Å². The lowest BCUT2D eigenvalue weighted by atomic mass is 10.1. The van der Waals surface area contributed by atoms with Crippen molar-refractivity contribution in [3.63, 3.8) is 0 Å². The zero-order valence-electron chi connectivity index (χ0n) is 18.8. The van der Waals surface area contributed by atoms with E-state index in [0.29, 0.717) is 5.69 Å². The fourth-order valence-electron chi connectivity index (χ4n) is 3.83. The molecule has 0 saturated carbocycles. The van der Waals surface area contributed by atoms with Gasteiger partial charge in [-0.1, -0.05) is 30.3 Å². The number of piperazine rings is 1. The molecule has 0 aromatic heterocycles. The number of rotatable bonds is 5. The molecule has 0 aliphatic carbocycles. The van der Waals surface area contributed by atoms with Crippen LogP contribution in [0.25, 0.3) is 0 Å². The molecule has 1 saturated heterocycles. The van der Waals surface area contributed by atoms with Crippen LogP contribution in [-0.2, 0) is 11.3 Å². The molecule has 3 aromatic rings. The summed E-state index contributed by atoms with van der Waals surface area (Å²) in [5.74, 6) is -1.74. The molecular formula is C26H24F2N4O3. The van der Waals surface area contributed by atoms with E-state index < -0.39 is 35.5 Å². The van der Waals surface area contributed by atoms with Crippen molar-refractivity contribution < 1.29 is 23.2 Å². The number of carbonyl (C=O) groups is 3. The third-order valence-corrected chi connectivity index (χ3v) is 5.73. The van der Waals surface area contributed by atoms with Crippen molar-refractivity contribution in [1.82, 2.24) is 15.1 Å². The van der Waals surface area contributed by atoms with Crippen LogP contribution in [0.4, 0.5) is 19.3 Å². The van der Waals surface area contributed by atoms with E-state index in [1.54, 1.807) is 0 Å². The van der Waals surface area contributed by atoms with Crippen molar-refractivity contribution >= 4 is 23.5 Å². The second-order valence-electron chi connectivity index (χ2n) is 8.11. The maximum absolute atomic E-state index is 13.3. The van der Waals surface area contributed by atoms with Crippen LogP contribution in [0, 0.1) is 11.6 Å². The van der Waals surface area contributed by atoms with Gasteiger partial charge in [0.05, 0.1) is 6.54 Å². The number of nitrogens with one attached hydrogen (secondary N) is 2. The van der Waals surface area contributed by atoms with Crippen LogP contribution in [0.15, 0.2) is 78.9 Å². The van der Waals surface area contributed by atoms with Gasteiger partial charge < -0.3 is 20.4 Å². The van der Waals surface area contributed by atoms with Gasteiger partial charge >= 0.3 is 6.03 Å². The summed E-state index contributed by atoms with van der Waals surface area (Å²) in [4.78, 5) is 42.0. The molecule has 7 nitrogen and oxygen atoms in total. The lowest BCUT2D eigenvalue weighted by molar-refractivity contribution is -0.127. The summed E-state index contributed by atoms with van der Waals surface area (Å²) in [5, 5.41) is 5.52. The maximum Gasteiger partial charge on any atom is 0.321 e. The van der Waals surface area contributed by atoms with Gasteiger partial charge in [0.15, 0.2) is 0 Å². The number of anilines is 1. The molecule has 1 heterocycles. The first-order valence-electron chi connectivity index (χ1n) is 11.1. The summed E-state index contributed by atoms with van der Waals surface area (Å²) in [6.45, 7) is 0.510. The van der Waals surface area contributed by atoms with Crippen molar-refractivity contribution in [2.24, 2.45) is 0 Å². The minimum Gasteiger partial charge on any atom is -0.350 e. The van der Waals surface area contributed by atoms with Crippen molar-refractivity contribution in [3.8, 4) is 0 Å². The van der Waals surface area contributed by atoms with Crippen LogP contribution in [0.5, 0.6) is 0 Å². The second-order valence-corrected chi connectivity index (χ2v) is 8.11. The summed E-state index contributed by atoms with van der Waals surface area (Å²) in [7, 11) is 0. The van der Waals surface area contributed by atoms with E-state index in [9.17, 15) is 23.2 Å². The minimum absolute atomic E-state index is 0.0411. The summed E-state index contributed by atoms with van der Waals surface area (Å²) in [6.07, 6.45) is 0. The van der Waals surface area contributed by atoms with Gasteiger partial charge in [-0.2, -0.15) is 0 Å². The third-order valence-electron chi connectivity index (χ3n) is 5.73. The number of nitrogens with zero attached hydrogens (tertiary/aromatic N) is 2. The predicted molar refractivity (Wildman–Crippen MR) is 127 cm³/mol. The Morgan fingerprint density at radius 2 is 1.46 bits per heavy atom. The normalized spacial score (nSPS) is 15.4. The first-order chi connectivity index (χ1) is 16.9. The molecule has 0 bridgehead atoms. The van der Waals surface area contributed by atoms with E-state index in [1.807, 2.05) is 30.3 Å². The first kappa shape index (κ1) is 23.9. The van der Waals surface area contributed by atoms with Crippen LogP contribution in [-0.4, -0.2) is 53.3 Å². The monoisotopic (exact) mass is 478 g/mol. The van der Waals surface area contributed by atoms with E-state index in [1.165, 1.54) is 58.3 Å². The third kappa shape index (κ3) is 6.00.